The normalized spacial score (nSPS) is 14.4. The maximum Gasteiger partial charge on any atom is 0.271 e. The lowest BCUT2D eigenvalue weighted by atomic mass is 10.1. The van der Waals surface area contributed by atoms with E-state index in [1.807, 2.05) is 18.3 Å². The number of fused-ring (bicyclic) bond motifs is 2. The molecule has 50 heavy (non-hydrogen) atoms. The Morgan fingerprint density at radius 1 is 0.960 bits per heavy atom. The van der Waals surface area contributed by atoms with Crippen LogP contribution in [0.15, 0.2) is 90.1 Å². The van der Waals surface area contributed by atoms with Crippen molar-refractivity contribution < 1.29 is 27.8 Å². The summed E-state index contributed by atoms with van der Waals surface area (Å²) in [6.45, 7) is 4.40. The first-order valence-electron chi connectivity index (χ1n) is 16.0. The van der Waals surface area contributed by atoms with Crippen molar-refractivity contribution in [3.05, 3.63) is 124 Å². The number of anilines is 1. The predicted octanol–water partition coefficient (Wildman–Crippen LogP) is 6.60. The van der Waals surface area contributed by atoms with E-state index in [-0.39, 0.29) is 22.7 Å². The number of nitrogens with one attached hydrogen (secondary N) is 1. The highest BCUT2D eigenvalue weighted by Gasteiger charge is 2.27. The first-order valence-corrected chi connectivity index (χ1v) is 16.8. The van der Waals surface area contributed by atoms with Gasteiger partial charge in [-0.05, 0) is 54.1 Å². The topological polar surface area (TPSA) is 108 Å². The smallest absolute Gasteiger partial charge is 0.271 e. The van der Waals surface area contributed by atoms with Crippen LogP contribution in [0.5, 0.6) is 17.2 Å². The molecule has 2 aliphatic heterocycles. The van der Waals surface area contributed by atoms with E-state index >= 15 is 4.39 Å². The van der Waals surface area contributed by atoms with Gasteiger partial charge in [0.25, 0.3) is 11.5 Å². The molecule has 1 fully saturated rings. The van der Waals surface area contributed by atoms with Gasteiger partial charge in [-0.3, -0.25) is 29.0 Å². The second-order valence-electron chi connectivity index (χ2n) is 11.9. The Bertz CT molecular complexity index is 2290. The summed E-state index contributed by atoms with van der Waals surface area (Å²) < 4.78 is 48.1. The number of pyridine rings is 3. The summed E-state index contributed by atoms with van der Waals surface area (Å²) >= 11 is 1.45. The van der Waals surface area contributed by atoms with Gasteiger partial charge in [-0.15, -0.1) is 11.3 Å². The van der Waals surface area contributed by atoms with Crippen LogP contribution in [-0.2, 0) is 17.7 Å². The maximum atomic E-state index is 15.5. The largest absolute Gasteiger partial charge is 0.492 e. The Morgan fingerprint density at radius 3 is 2.58 bits per heavy atom. The Kier molecular flexibility index (Phi) is 8.53. The molecule has 8 rings (SSSR count). The molecular formula is C37H29F2N5O5S. The molecule has 0 unspecified atom stereocenters. The van der Waals surface area contributed by atoms with Crippen LogP contribution in [0.3, 0.4) is 0 Å². The average Bonchev–Trinajstić information content (AvgIpc) is 3.78. The number of amides is 1. The molecule has 252 valence electrons. The summed E-state index contributed by atoms with van der Waals surface area (Å²) in [5, 5.41) is 2.62. The van der Waals surface area contributed by atoms with Gasteiger partial charge in [0.15, 0.2) is 11.6 Å². The third-order valence-electron chi connectivity index (χ3n) is 8.56. The minimum atomic E-state index is -0.762. The standard InChI is InChI=1S/C37H29F2N5O5S/c38-24-2-5-26(6-3-24)44-21-23-10-14-48-34(23)33(37(44)46)36(45)42-25-4-8-30(27(39)17-25)49-31-9-11-40-29-18-32(50-35(29)31)28-7-1-22(19-41-28)20-43-12-15-47-16-13-43/h1-9,11,17-19,21H,10,12-16,20H2,(H,42,45). The molecule has 6 heterocycles. The highest BCUT2D eigenvalue weighted by molar-refractivity contribution is 7.22. The number of hydrogen-bond donors (Lipinski definition) is 1. The van der Waals surface area contributed by atoms with Crippen LogP contribution in [0.1, 0.15) is 21.5 Å². The van der Waals surface area contributed by atoms with Crippen molar-refractivity contribution in [2.75, 3.05) is 38.2 Å². The Labute approximate surface area is 288 Å². The fourth-order valence-electron chi connectivity index (χ4n) is 6.03. The maximum absolute atomic E-state index is 15.5. The number of rotatable bonds is 8. The lowest BCUT2D eigenvalue weighted by Gasteiger charge is -2.26. The molecule has 1 amide bonds. The fraction of sp³-hybridized carbons (Fsp3) is 0.189. The van der Waals surface area contributed by atoms with Gasteiger partial charge in [0.1, 0.15) is 22.9 Å². The molecule has 2 aliphatic rings. The van der Waals surface area contributed by atoms with E-state index < -0.39 is 23.1 Å². The van der Waals surface area contributed by atoms with Gasteiger partial charge in [-0.2, -0.15) is 0 Å². The predicted molar refractivity (Wildman–Crippen MR) is 185 cm³/mol. The molecule has 0 saturated carbocycles. The van der Waals surface area contributed by atoms with Crippen LogP contribution in [0.2, 0.25) is 0 Å². The average molecular weight is 694 g/mol. The van der Waals surface area contributed by atoms with Crippen molar-refractivity contribution in [3.63, 3.8) is 0 Å². The molecule has 1 N–H and O–H groups in total. The summed E-state index contributed by atoms with van der Waals surface area (Å²) in [7, 11) is 0. The molecule has 0 atom stereocenters. The second-order valence-corrected chi connectivity index (χ2v) is 12.9. The molecule has 0 radical (unpaired) electrons. The minimum Gasteiger partial charge on any atom is -0.492 e. The van der Waals surface area contributed by atoms with Crippen molar-refractivity contribution >= 4 is 33.1 Å². The van der Waals surface area contributed by atoms with Crippen LogP contribution in [-0.4, -0.2) is 58.3 Å². The molecule has 0 spiro atoms. The van der Waals surface area contributed by atoms with Crippen LogP contribution in [0.25, 0.3) is 26.5 Å². The second kappa shape index (κ2) is 13.4. The van der Waals surface area contributed by atoms with E-state index in [1.165, 1.54) is 52.3 Å². The van der Waals surface area contributed by atoms with Crippen molar-refractivity contribution in [1.82, 2.24) is 19.4 Å². The van der Waals surface area contributed by atoms with Crippen LogP contribution < -0.4 is 20.3 Å². The molecule has 0 aliphatic carbocycles. The van der Waals surface area contributed by atoms with E-state index in [0.29, 0.717) is 35.5 Å². The van der Waals surface area contributed by atoms with Gasteiger partial charge in [0.2, 0.25) is 0 Å². The summed E-state index contributed by atoms with van der Waals surface area (Å²) in [4.78, 5) is 39.3. The van der Waals surface area contributed by atoms with Gasteiger partial charge >= 0.3 is 0 Å². The fourth-order valence-corrected chi connectivity index (χ4v) is 7.07. The Balaban J connectivity index is 1.00. The summed E-state index contributed by atoms with van der Waals surface area (Å²) in [5.41, 5.74) is 2.91. The van der Waals surface area contributed by atoms with Crippen LogP contribution in [0.4, 0.5) is 14.5 Å². The Morgan fingerprint density at radius 2 is 1.80 bits per heavy atom. The first-order chi connectivity index (χ1) is 24.4. The molecule has 10 nitrogen and oxygen atoms in total. The number of carbonyl (C=O) groups excluding carboxylic acids is 1. The summed E-state index contributed by atoms with van der Waals surface area (Å²) in [6, 6.07) is 17.0. The molecule has 13 heteroatoms. The summed E-state index contributed by atoms with van der Waals surface area (Å²) in [6.07, 6.45) is 5.56. The van der Waals surface area contributed by atoms with E-state index in [0.717, 1.165) is 59.7 Å². The molecule has 1 saturated heterocycles. The highest BCUT2D eigenvalue weighted by Crippen LogP contribution is 2.39. The number of carbonyl (C=O) groups is 1. The molecule has 6 aromatic rings. The van der Waals surface area contributed by atoms with E-state index in [4.69, 9.17) is 14.2 Å². The van der Waals surface area contributed by atoms with Crippen LogP contribution in [0, 0.1) is 11.6 Å². The molecular weight excluding hydrogens is 665 g/mol. The van der Waals surface area contributed by atoms with E-state index in [1.54, 1.807) is 18.5 Å². The zero-order valence-electron chi connectivity index (χ0n) is 26.5. The van der Waals surface area contributed by atoms with Crippen molar-refractivity contribution in [2.24, 2.45) is 0 Å². The third kappa shape index (κ3) is 6.33. The van der Waals surface area contributed by atoms with Crippen molar-refractivity contribution in [3.8, 4) is 33.5 Å². The summed E-state index contributed by atoms with van der Waals surface area (Å²) in [5.74, 6) is -1.39. The lowest BCUT2D eigenvalue weighted by molar-refractivity contribution is 0.0341. The third-order valence-corrected chi connectivity index (χ3v) is 9.72. The quantitative estimate of drug-likeness (QED) is 0.190. The molecule has 4 aromatic heterocycles. The number of halogens is 2. The number of morpholine rings is 1. The number of nitrogens with zero attached hydrogens (tertiary/aromatic N) is 4. The van der Waals surface area contributed by atoms with Gasteiger partial charge in [-0.1, -0.05) is 6.07 Å². The zero-order valence-corrected chi connectivity index (χ0v) is 27.3. The molecule has 2 aromatic carbocycles. The monoisotopic (exact) mass is 693 g/mol. The van der Waals surface area contributed by atoms with Crippen molar-refractivity contribution in [1.29, 1.82) is 0 Å². The van der Waals surface area contributed by atoms with E-state index in [2.05, 4.69) is 26.3 Å². The van der Waals surface area contributed by atoms with Crippen LogP contribution >= 0.6 is 11.3 Å². The SMILES string of the molecule is O=C(Nc1ccc(Oc2ccnc3cc(-c4ccc(CN5CCOCC5)cn4)sc23)c(F)c1)c1c2c(cn(-c3ccc(F)cc3)c1=O)CCO2. The first kappa shape index (κ1) is 31.7. The van der Waals surface area contributed by atoms with Gasteiger partial charge in [-0.25, -0.2) is 8.78 Å². The minimum absolute atomic E-state index is 0.0568. The van der Waals surface area contributed by atoms with Crippen molar-refractivity contribution in [2.45, 2.75) is 13.0 Å². The number of aromatic nitrogens is 3. The van der Waals surface area contributed by atoms with Gasteiger partial charge < -0.3 is 19.5 Å². The van der Waals surface area contributed by atoms with Gasteiger partial charge in [0, 0.05) is 73.7 Å². The Hall–Kier alpha value is -5.50. The lowest BCUT2D eigenvalue weighted by Crippen LogP contribution is -2.35. The van der Waals surface area contributed by atoms with Gasteiger partial charge in [0.05, 0.1) is 40.6 Å². The molecule has 0 bridgehead atoms. The number of thiophene rings is 1. The number of ether oxygens (including phenoxy) is 3. The van der Waals surface area contributed by atoms with E-state index in [9.17, 15) is 14.0 Å². The number of hydrogen-bond acceptors (Lipinski definition) is 9. The number of benzene rings is 2. The zero-order chi connectivity index (χ0) is 34.2. The highest BCUT2D eigenvalue weighted by atomic mass is 32.1.